The van der Waals surface area contributed by atoms with Crippen LogP contribution >= 0.6 is 0 Å². The zero-order valence-corrected chi connectivity index (χ0v) is 17.6. The fraction of sp³-hybridized carbons (Fsp3) is 0.318. The maximum Gasteiger partial charge on any atom is 0.311 e. The molecule has 2 aromatic carbocycles. The summed E-state index contributed by atoms with van der Waals surface area (Å²) >= 11 is 0. The molecule has 1 aliphatic rings. The van der Waals surface area contributed by atoms with Crippen LogP contribution in [-0.2, 0) is 4.74 Å². The number of hydrogen-bond donors (Lipinski definition) is 2. The molecule has 3 aromatic rings. The van der Waals surface area contributed by atoms with Crippen LogP contribution in [0.3, 0.4) is 0 Å². The maximum absolute atomic E-state index is 11.6. The minimum absolute atomic E-state index is 0.102. The average Bonchev–Trinajstić information content (AvgIpc) is 2.80. The van der Waals surface area contributed by atoms with Crippen LogP contribution in [0.4, 0.5) is 17.1 Å². The van der Waals surface area contributed by atoms with Gasteiger partial charge in [-0.1, -0.05) is 0 Å². The van der Waals surface area contributed by atoms with Crippen molar-refractivity contribution in [1.29, 1.82) is 0 Å². The normalized spacial score (nSPS) is 14.3. The van der Waals surface area contributed by atoms with Crippen LogP contribution in [0.15, 0.2) is 42.6 Å². The zero-order chi connectivity index (χ0) is 22.5. The first-order valence-electron chi connectivity index (χ1n) is 10.2. The Kier molecular flexibility index (Phi) is 6.52. The Bertz CT molecular complexity index is 1100. The molecule has 0 atom stereocenters. The SMILES string of the molecule is COc1cc2c(Nc3ccc(O)cc3)c([N+](=O)[O-])cnc2cc1OCCN1CCOCC1. The number of benzene rings is 2. The number of nitro groups is 1. The highest BCUT2D eigenvalue weighted by Crippen LogP contribution is 2.39. The number of phenolic OH excluding ortho intramolecular Hbond substituents is 1. The van der Waals surface area contributed by atoms with E-state index in [0.29, 0.717) is 34.7 Å². The van der Waals surface area contributed by atoms with Crippen LogP contribution in [0, 0.1) is 10.1 Å². The Labute approximate surface area is 184 Å². The summed E-state index contributed by atoms with van der Waals surface area (Å²) < 4.78 is 16.8. The molecule has 0 spiro atoms. The van der Waals surface area contributed by atoms with Crippen molar-refractivity contribution in [3.05, 3.63) is 52.7 Å². The van der Waals surface area contributed by atoms with Gasteiger partial charge in [0.05, 0.1) is 30.8 Å². The molecule has 1 aromatic heterocycles. The lowest BCUT2D eigenvalue weighted by molar-refractivity contribution is -0.384. The third-order valence-corrected chi connectivity index (χ3v) is 5.24. The highest BCUT2D eigenvalue weighted by molar-refractivity contribution is 5.99. The monoisotopic (exact) mass is 440 g/mol. The summed E-state index contributed by atoms with van der Waals surface area (Å²) in [5.41, 5.74) is 1.22. The van der Waals surface area contributed by atoms with Gasteiger partial charge in [-0.05, 0) is 30.3 Å². The number of anilines is 2. The first-order chi connectivity index (χ1) is 15.5. The second-order valence-electron chi connectivity index (χ2n) is 7.27. The number of aromatic nitrogens is 1. The Morgan fingerprint density at radius 2 is 1.97 bits per heavy atom. The highest BCUT2D eigenvalue weighted by atomic mass is 16.6. The van der Waals surface area contributed by atoms with Crippen molar-refractivity contribution in [2.75, 3.05) is 51.9 Å². The van der Waals surface area contributed by atoms with Crippen molar-refractivity contribution in [2.45, 2.75) is 0 Å². The number of pyridine rings is 1. The molecule has 1 aliphatic heterocycles. The molecule has 10 heteroatoms. The molecule has 0 amide bonds. The molecule has 2 heterocycles. The van der Waals surface area contributed by atoms with Gasteiger partial charge >= 0.3 is 5.69 Å². The van der Waals surface area contributed by atoms with E-state index in [9.17, 15) is 15.2 Å². The fourth-order valence-electron chi connectivity index (χ4n) is 3.53. The fourth-order valence-corrected chi connectivity index (χ4v) is 3.53. The molecule has 0 unspecified atom stereocenters. The van der Waals surface area contributed by atoms with Crippen molar-refractivity contribution in [2.24, 2.45) is 0 Å². The summed E-state index contributed by atoms with van der Waals surface area (Å²) in [5, 5.41) is 24.7. The molecule has 1 fully saturated rings. The van der Waals surface area contributed by atoms with Gasteiger partial charge in [-0.2, -0.15) is 0 Å². The predicted molar refractivity (Wildman–Crippen MR) is 119 cm³/mol. The van der Waals surface area contributed by atoms with Gasteiger partial charge in [0.2, 0.25) is 0 Å². The first-order valence-corrected chi connectivity index (χ1v) is 10.2. The Hall–Kier alpha value is -3.63. The van der Waals surface area contributed by atoms with Gasteiger partial charge in [0.1, 0.15) is 24.2 Å². The van der Waals surface area contributed by atoms with Crippen LogP contribution in [0.25, 0.3) is 10.9 Å². The average molecular weight is 440 g/mol. The zero-order valence-electron chi connectivity index (χ0n) is 17.6. The number of morpholine rings is 1. The molecule has 1 saturated heterocycles. The van der Waals surface area contributed by atoms with Gasteiger partial charge in [-0.25, -0.2) is 4.98 Å². The van der Waals surface area contributed by atoms with Gasteiger partial charge in [0.25, 0.3) is 0 Å². The van der Waals surface area contributed by atoms with Crippen molar-refractivity contribution in [3.63, 3.8) is 0 Å². The third kappa shape index (κ3) is 4.82. The van der Waals surface area contributed by atoms with Crippen LogP contribution in [0.2, 0.25) is 0 Å². The molecule has 0 radical (unpaired) electrons. The molecule has 2 N–H and O–H groups in total. The molecular formula is C22H24N4O6. The number of nitrogens with zero attached hydrogens (tertiary/aromatic N) is 3. The molecule has 0 bridgehead atoms. The van der Waals surface area contributed by atoms with Gasteiger partial charge in [-0.3, -0.25) is 15.0 Å². The molecule has 0 saturated carbocycles. The van der Waals surface area contributed by atoms with E-state index in [0.717, 1.165) is 32.8 Å². The number of aromatic hydroxyl groups is 1. The van der Waals surface area contributed by atoms with Crippen molar-refractivity contribution in [3.8, 4) is 17.2 Å². The van der Waals surface area contributed by atoms with Crippen molar-refractivity contribution in [1.82, 2.24) is 9.88 Å². The number of hydrogen-bond acceptors (Lipinski definition) is 9. The number of fused-ring (bicyclic) bond motifs is 1. The predicted octanol–water partition coefficient (Wildman–Crippen LogP) is 3.31. The molecule has 168 valence electrons. The summed E-state index contributed by atoms with van der Waals surface area (Å²) in [4.78, 5) is 17.7. The number of methoxy groups -OCH3 is 1. The topological polar surface area (TPSA) is 119 Å². The molecular weight excluding hydrogens is 416 g/mol. The van der Waals surface area contributed by atoms with E-state index in [-0.39, 0.29) is 17.1 Å². The van der Waals surface area contributed by atoms with E-state index in [1.807, 2.05) is 0 Å². The molecule has 0 aliphatic carbocycles. The summed E-state index contributed by atoms with van der Waals surface area (Å²) in [6.45, 7) is 4.41. The standard InChI is InChI=1S/C22H24N4O6/c1-30-20-12-17-18(13-21(20)32-11-8-25-6-9-31-10-7-25)23-14-19(26(28)29)22(17)24-15-2-4-16(27)5-3-15/h2-5,12-14,27H,6-11H2,1H3,(H,23,24). The summed E-state index contributed by atoms with van der Waals surface area (Å²) in [6.07, 6.45) is 1.22. The summed E-state index contributed by atoms with van der Waals surface area (Å²) in [6, 6.07) is 9.66. The minimum Gasteiger partial charge on any atom is -0.508 e. The minimum atomic E-state index is -0.492. The largest absolute Gasteiger partial charge is 0.508 e. The Morgan fingerprint density at radius 3 is 2.66 bits per heavy atom. The second-order valence-corrected chi connectivity index (χ2v) is 7.27. The van der Waals surface area contributed by atoms with Crippen LogP contribution in [0.1, 0.15) is 0 Å². The lowest BCUT2D eigenvalue weighted by atomic mass is 10.1. The molecule has 32 heavy (non-hydrogen) atoms. The lowest BCUT2D eigenvalue weighted by Gasteiger charge is -2.26. The number of ether oxygens (including phenoxy) is 3. The maximum atomic E-state index is 11.6. The van der Waals surface area contributed by atoms with E-state index in [1.54, 1.807) is 24.3 Å². The van der Waals surface area contributed by atoms with E-state index in [4.69, 9.17) is 14.2 Å². The molecule has 4 rings (SSSR count). The van der Waals surface area contributed by atoms with Crippen molar-refractivity contribution >= 4 is 28.0 Å². The highest BCUT2D eigenvalue weighted by Gasteiger charge is 2.21. The van der Waals surface area contributed by atoms with Crippen molar-refractivity contribution < 1.29 is 24.2 Å². The quantitative estimate of drug-likeness (QED) is 0.309. The summed E-state index contributed by atoms with van der Waals surface area (Å²) in [5.74, 6) is 1.07. The van der Waals surface area contributed by atoms with Gasteiger partial charge in [0.15, 0.2) is 11.5 Å². The van der Waals surface area contributed by atoms with E-state index < -0.39 is 4.92 Å². The van der Waals surface area contributed by atoms with Gasteiger partial charge in [0, 0.05) is 36.8 Å². The van der Waals surface area contributed by atoms with E-state index in [1.165, 1.54) is 25.4 Å². The van der Waals surface area contributed by atoms with Crippen LogP contribution in [-0.4, -0.2) is 66.5 Å². The number of rotatable bonds is 8. The number of nitrogens with one attached hydrogen (secondary N) is 1. The van der Waals surface area contributed by atoms with E-state index in [2.05, 4.69) is 15.2 Å². The first kappa shape index (κ1) is 21.6. The second kappa shape index (κ2) is 9.67. The summed E-state index contributed by atoms with van der Waals surface area (Å²) in [7, 11) is 1.52. The van der Waals surface area contributed by atoms with Crippen LogP contribution < -0.4 is 14.8 Å². The third-order valence-electron chi connectivity index (χ3n) is 5.24. The lowest BCUT2D eigenvalue weighted by Crippen LogP contribution is -2.38. The smallest absolute Gasteiger partial charge is 0.311 e. The number of phenols is 1. The van der Waals surface area contributed by atoms with E-state index >= 15 is 0 Å². The Morgan fingerprint density at radius 1 is 1.22 bits per heavy atom. The molecule has 10 nitrogen and oxygen atoms in total. The van der Waals surface area contributed by atoms with Gasteiger partial charge in [-0.15, -0.1) is 0 Å². The van der Waals surface area contributed by atoms with Gasteiger partial charge < -0.3 is 24.6 Å². The van der Waals surface area contributed by atoms with Crippen LogP contribution in [0.5, 0.6) is 17.2 Å². The Balaban J connectivity index is 1.64.